The molecule has 1 unspecified atom stereocenters. The third-order valence-corrected chi connectivity index (χ3v) is 3.18. The number of aromatic nitrogens is 1. The van der Waals surface area contributed by atoms with Gasteiger partial charge in [-0.3, -0.25) is 10.1 Å². The number of benzene rings is 1. The van der Waals surface area contributed by atoms with Crippen LogP contribution < -0.4 is 5.32 Å². The molecule has 0 radical (unpaired) electrons. The number of hydrogen-bond donors (Lipinski definition) is 1. The van der Waals surface area contributed by atoms with Crippen LogP contribution in [0.2, 0.25) is 5.02 Å². The van der Waals surface area contributed by atoms with E-state index in [0.717, 1.165) is 5.56 Å². The molecule has 0 saturated carbocycles. The molecule has 1 heterocycles. The Hall–Kier alpha value is -2.14. The highest BCUT2D eigenvalue weighted by atomic mass is 35.5. The standard InChI is InChI=1S/C14H14ClN3O2/c1-10(11-5-3-2-4-6-11)8-16-14-13(18(19)20)7-12(15)9-17-14/h2-7,9-10H,8H2,1H3,(H,16,17). The van der Waals surface area contributed by atoms with Crippen LogP contribution in [-0.4, -0.2) is 16.5 Å². The molecule has 1 aromatic carbocycles. The minimum Gasteiger partial charge on any atom is -0.364 e. The van der Waals surface area contributed by atoms with Gasteiger partial charge < -0.3 is 5.32 Å². The van der Waals surface area contributed by atoms with Crippen molar-refractivity contribution in [2.24, 2.45) is 0 Å². The molecule has 1 atom stereocenters. The van der Waals surface area contributed by atoms with Crippen LogP contribution in [-0.2, 0) is 0 Å². The highest BCUT2D eigenvalue weighted by Crippen LogP contribution is 2.26. The van der Waals surface area contributed by atoms with Crippen LogP contribution in [0.25, 0.3) is 0 Å². The molecule has 20 heavy (non-hydrogen) atoms. The van der Waals surface area contributed by atoms with Gasteiger partial charge >= 0.3 is 5.69 Å². The number of pyridine rings is 1. The monoisotopic (exact) mass is 291 g/mol. The van der Waals surface area contributed by atoms with E-state index in [1.807, 2.05) is 37.3 Å². The number of nitro groups is 1. The number of halogens is 1. The summed E-state index contributed by atoms with van der Waals surface area (Å²) in [6.45, 7) is 2.60. The fourth-order valence-electron chi connectivity index (χ4n) is 1.85. The van der Waals surface area contributed by atoms with Crippen molar-refractivity contribution in [2.75, 3.05) is 11.9 Å². The van der Waals surface area contributed by atoms with E-state index in [1.165, 1.54) is 12.3 Å². The molecule has 0 bridgehead atoms. The Morgan fingerprint density at radius 2 is 2.10 bits per heavy atom. The van der Waals surface area contributed by atoms with Gasteiger partial charge in [-0.1, -0.05) is 48.9 Å². The van der Waals surface area contributed by atoms with Crippen LogP contribution in [0.1, 0.15) is 18.4 Å². The SMILES string of the molecule is CC(CNc1ncc(Cl)cc1[N+](=O)[O-])c1ccccc1. The molecule has 2 aromatic rings. The van der Waals surface area contributed by atoms with Gasteiger partial charge in [-0.25, -0.2) is 4.98 Å². The van der Waals surface area contributed by atoms with Gasteiger partial charge in [0.05, 0.1) is 9.95 Å². The lowest BCUT2D eigenvalue weighted by Crippen LogP contribution is -2.12. The summed E-state index contributed by atoms with van der Waals surface area (Å²) in [5.41, 5.74) is 1.05. The van der Waals surface area contributed by atoms with Gasteiger partial charge in [-0.05, 0) is 11.5 Å². The molecule has 0 fully saturated rings. The molecule has 104 valence electrons. The largest absolute Gasteiger partial charge is 0.364 e. The normalized spacial score (nSPS) is 11.9. The van der Waals surface area contributed by atoms with Crippen LogP contribution >= 0.6 is 11.6 Å². The molecule has 0 aliphatic heterocycles. The van der Waals surface area contributed by atoms with Crippen molar-refractivity contribution >= 4 is 23.1 Å². The summed E-state index contributed by atoms with van der Waals surface area (Å²) in [4.78, 5) is 14.4. The van der Waals surface area contributed by atoms with E-state index in [1.54, 1.807) is 0 Å². The summed E-state index contributed by atoms with van der Waals surface area (Å²) in [6.07, 6.45) is 1.39. The van der Waals surface area contributed by atoms with Crippen molar-refractivity contribution in [2.45, 2.75) is 12.8 Å². The third-order valence-electron chi connectivity index (χ3n) is 2.98. The van der Waals surface area contributed by atoms with E-state index in [0.29, 0.717) is 6.54 Å². The van der Waals surface area contributed by atoms with E-state index >= 15 is 0 Å². The second-order valence-electron chi connectivity index (χ2n) is 4.47. The maximum atomic E-state index is 11.0. The summed E-state index contributed by atoms with van der Waals surface area (Å²) in [5, 5.41) is 14.2. The van der Waals surface area contributed by atoms with Gasteiger partial charge in [0.25, 0.3) is 0 Å². The van der Waals surface area contributed by atoms with Gasteiger partial charge in [0.1, 0.15) is 0 Å². The topological polar surface area (TPSA) is 68.1 Å². The first kappa shape index (κ1) is 14.3. The summed E-state index contributed by atoms with van der Waals surface area (Å²) < 4.78 is 0. The fourth-order valence-corrected chi connectivity index (χ4v) is 2.01. The fraction of sp³-hybridized carbons (Fsp3) is 0.214. The van der Waals surface area contributed by atoms with Gasteiger partial charge in [-0.15, -0.1) is 0 Å². The average Bonchev–Trinajstić information content (AvgIpc) is 2.46. The smallest absolute Gasteiger partial charge is 0.312 e. The van der Waals surface area contributed by atoms with Crippen LogP contribution in [0.5, 0.6) is 0 Å². The van der Waals surface area contributed by atoms with Gasteiger partial charge in [0.15, 0.2) is 0 Å². The highest BCUT2D eigenvalue weighted by Gasteiger charge is 2.16. The van der Waals surface area contributed by atoms with E-state index in [9.17, 15) is 10.1 Å². The summed E-state index contributed by atoms with van der Waals surface area (Å²) in [6, 6.07) is 11.2. The van der Waals surface area contributed by atoms with E-state index in [2.05, 4.69) is 10.3 Å². The lowest BCUT2D eigenvalue weighted by atomic mass is 10.0. The van der Waals surface area contributed by atoms with E-state index in [-0.39, 0.29) is 22.4 Å². The van der Waals surface area contributed by atoms with Crippen molar-refractivity contribution in [3.8, 4) is 0 Å². The van der Waals surface area contributed by atoms with Crippen LogP contribution in [0.3, 0.4) is 0 Å². The van der Waals surface area contributed by atoms with Gasteiger partial charge in [0, 0.05) is 18.8 Å². The molecular formula is C14H14ClN3O2. The maximum absolute atomic E-state index is 11.0. The quantitative estimate of drug-likeness (QED) is 0.671. The predicted octanol–water partition coefficient (Wildman–Crippen LogP) is 3.86. The first-order valence-corrected chi connectivity index (χ1v) is 6.54. The first-order valence-electron chi connectivity index (χ1n) is 6.16. The Morgan fingerprint density at radius 1 is 1.40 bits per heavy atom. The van der Waals surface area contributed by atoms with Crippen LogP contribution in [0.15, 0.2) is 42.6 Å². The lowest BCUT2D eigenvalue weighted by Gasteiger charge is -2.13. The number of anilines is 1. The first-order chi connectivity index (χ1) is 9.58. The molecule has 0 aliphatic carbocycles. The van der Waals surface area contributed by atoms with Crippen LogP contribution in [0, 0.1) is 10.1 Å². The summed E-state index contributed by atoms with van der Waals surface area (Å²) in [5.74, 6) is 0.454. The predicted molar refractivity (Wildman–Crippen MR) is 79.2 cm³/mol. The van der Waals surface area contributed by atoms with E-state index < -0.39 is 4.92 Å². The molecule has 0 amide bonds. The second-order valence-corrected chi connectivity index (χ2v) is 4.91. The Kier molecular flexibility index (Phi) is 4.53. The van der Waals surface area contributed by atoms with Crippen molar-refractivity contribution in [1.82, 2.24) is 4.98 Å². The Balaban J connectivity index is 2.09. The zero-order valence-electron chi connectivity index (χ0n) is 10.9. The van der Waals surface area contributed by atoms with Crippen molar-refractivity contribution in [1.29, 1.82) is 0 Å². The second kappa shape index (κ2) is 6.34. The van der Waals surface area contributed by atoms with Gasteiger partial charge in [0.2, 0.25) is 5.82 Å². The highest BCUT2D eigenvalue weighted by molar-refractivity contribution is 6.30. The Labute approximate surface area is 121 Å². The minimum atomic E-state index is -0.492. The number of hydrogen-bond acceptors (Lipinski definition) is 4. The van der Waals surface area contributed by atoms with E-state index in [4.69, 9.17) is 11.6 Å². The lowest BCUT2D eigenvalue weighted by molar-refractivity contribution is -0.384. The molecule has 2 rings (SSSR count). The summed E-state index contributed by atoms with van der Waals surface area (Å²) in [7, 11) is 0. The molecule has 1 aromatic heterocycles. The molecule has 0 saturated heterocycles. The van der Waals surface area contributed by atoms with Gasteiger partial charge in [-0.2, -0.15) is 0 Å². The number of nitrogens with zero attached hydrogens (tertiary/aromatic N) is 2. The minimum absolute atomic E-state index is 0.113. The average molecular weight is 292 g/mol. The molecule has 6 heteroatoms. The third kappa shape index (κ3) is 3.45. The number of nitrogens with one attached hydrogen (secondary N) is 1. The molecule has 5 nitrogen and oxygen atoms in total. The number of rotatable bonds is 5. The van der Waals surface area contributed by atoms with Crippen molar-refractivity contribution in [3.63, 3.8) is 0 Å². The molecule has 0 spiro atoms. The Morgan fingerprint density at radius 3 is 2.75 bits per heavy atom. The summed E-state index contributed by atoms with van der Waals surface area (Å²) >= 11 is 5.72. The molecule has 0 aliphatic rings. The molecular weight excluding hydrogens is 278 g/mol. The zero-order chi connectivity index (χ0) is 14.5. The molecule has 1 N–H and O–H groups in total. The Bertz CT molecular complexity index is 605. The zero-order valence-corrected chi connectivity index (χ0v) is 11.7. The van der Waals surface area contributed by atoms with Crippen molar-refractivity contribution < 1.29 is 4.92 Å². The van der Waals surface area contributed by atoms with Crippen LogP contribution in [0.4, 0.5) is 11.5 Å². The van der Waals surface area contributed by atoms with Crippen molar-refractivity contribution in [3.05, 3.63) is 63.3 Å². The maximum Gasteiger partial charge on any atom is 0.312 e.